The van der Waals surface area contributed by atoms with Crippen LogP contribution < -0.4 is 5.32 Å². The van der Waals surface area contributed by atoms with E-state index in [1.807, 2.05) is 0 Å². The molecule has 2 aromatic rings. The standard InChI is InChI=1S/C19H22BrN/c1-3-21-19(17-10-13(2)8-9-18(17)20)12-15-11-14-6-4-5-7-16(14)15/h4-10,15,19,21H,3,11-12H2,1-2H3. The van der Waals surface area contributed by atoms with Crippen LogP contribution in [-0.4, -0.2) is 6.54 Å². The molecule has 2 heteroatoms. The molecule has 2 unspecified atom stereocenters. The molecule has 1 aliphatic rings. The summed E-state index contributed by atoms with van der Waals surface area (Å²) in [5, 5.41) is 3.67. The molecule has 0 saturated heterocycles. The number of rotatable bonds is 5. The van der Waals surface area contributed by atoms with Crippen molar-refractivity contribution in [2.45, 2.75) is 38.6 Å². The van der Waals surface area contributed by atoms with Crippen LogP contribution in [0.15, 0.2) is 46.9 Å². The number of aryl methyl sites for hydroxylation is 1. The molecule has 1 N–H and O–H groups in total. The molecule has 1 aliphatic carbocycles. The Bertz CT molecular complexity index is 635. The maximum absolute atomic E-state index is 3.72. The fourth-order valence-electron chi connectivity index (χ4n) is 3.35. The molecule has 110 valence electrons. The van der Waals surface area contributed by atoms with Crippen LogP contribution in [0.2, 0.25) is 0 Å². The van der Waals surface area contributed by atoms with Crippen LogP contribution in [0, 0.1) is 6.92 Å². The lowest BCUT2D eigenvalue weighted by molar-refractivity contribution is 0.434. The quantitative estimate of drug-likeness (QED) is 0.792. The minimum Gasteiger partial charge on any atom is -0.310 e. The number of hydrogen-bond donors (Lipinski definition) is 1. The monoisotopic (exact) mass is 343 g/mol. The van der Waals surface area contributed by atoms with E-state index in [-0.39, 0.29) is 0 Å². The van der Waals surface area contributed by atoms with Crippen LogP contribution in [0.25, 0.3) is 0 Å². The van der Waals surface area contributed by atoms with E-state index in [0.29, 0.717) is 12.0 Å². The summed E-state index contributed by atoms with van der Waals surface area (Å²) in [6.07, 6.45) is 2.40. The first-order valence-electron chi connectivity index (χ1n) is 7.76. The Labute approximate surface area is 135 Å². The van der Waals surface area contributed by atoms with Crippen molar-refractivity contribution in [2.24, 2.45) is 0 Å². The number of fused-ring (bicyclic) bond motifs is 1. The van der Waals surface area contributed by atoms with Crippen LogP contribution >= 0.6 is 15.9 Å². The van der Waals surface area contributed by atoms with Crippen molar-refractivity contribution >= 4 is 15.9 Å². The Morgan fingerprint density at radius 3 is 2.81 bits per heavy atom. The Morgan fingerprint density at radius 1 is 1.24 bits per heavy atom. The highest BCUT2D eigenvalue weighted by Gasteiger charge is 2.28. The molecule has 0 aliphatic heterocycles. The van der Waals surface area contributed by atoms with E-state index in [9.17, 15) is 0 Å². The van der Waals surface area contributed by atoms with Gasteiger partial charge in [0.1, 0.15) is 0 Å². The van der Waals surface area contributed by atoms with E-state index < -0.39 is 0 Å². The zero-order valence-corrected chi connectivity index (χ0v) is 14.3. The van der Waals surface area contributed by atoms with Crippen molar-refractivity contribution in [3.8, 4) is 0 Å². The number of hydrogen-bond acceptors (Lipinski definition) is 1. The number of halogens is 1. The molecule has 0 aromatic heterocycles. The fourth-order valence-corrected chi connectivity index (χ4v) is 3.88. The highest BCUT2D eigenvalue weighted by atomic mass is 79.9. The number of benzene rings is 2. The van der Waals surface area contributed by atoms with Crippen molar-refractivity contribution in [2.75, 3.05) is 6.54 Å². The topological polar surface area (TPSA) is 12.0 Å². The third-order valence-corrected chi connectivity index (χ3v) is 5.18. The third-order valence-electron chi connectivity index (χ3n) is 4.46. The second-order valence-corrected chi connectivity index (χ2v) is 6.83. The van der Waals surface area contributed by atoms with Gasteiger partial charge in [0.2, 0.25) is 0 Å². The van der Waals surface area contributed by atoms with Gasteiger partial charge in [0.05, 0.1) is 0 Å². The second-order valence-electron chi connectivity index (χ2n) is 5.97. The SMILES string of the molecule is CCNC(CC1Cc2ccccc21)c1cc(C)ccc1Br. The van der Waals surface area contributed by atoms with E-state index in [1.54, 1.807) is 5.56 Å². The van der Waals surface area contributed by atoms with Crippen molar-refractivity contribution in [3.05, 3.63) is 69.2 Å². The summed E-state index contributed by atoms with van der Waals surface area (Å²) in [6.45, 7) is 5.35. The first-order valence-corrected chi connectivity index (χ1v) is 8.55. The van der Waals surface area contributed by atoms with Gasteiger partial charge in [-0.3, -0.25) is 0 Å². The van der Waals surface area contributed by atoms with Crippen molar-refractivity contribution < 1.29 is 0 Å². The van der Waals surface area contributed by atoms with Gasteiger partial charge in [0.25, 0.3) is 0 Å². The van der Waals surface area contributed by atoms with Crippen molar-refractivity contribution in [1.82, 2.24) is 5.32 Å². The zero-order valence-electron chi connectivity index (χ0n) is 12.7. The van der Waals surface area contributed by atoms with E-state index >= 15 is 0 Å². The van der Waals surface area contributed by atoms with Gasteiger partial charge in [0, 0.05) is 10.5 Å². The molecule has 21 heavy (non-hydrogen) atoms. The number of nitrogens with one attached hydrogen (secondary N) is 1. The van der Waals surface area contributed by atoms with E-state index in [4.69, 9.17) is 0 Å². The molecule has 1 nitrogen and oxygen atoms in total. The van der Waals surface area contributed by atoms with E-state index in [2.05, 4.69) is 77.6 Å². The molecule has 0 bridgehead atoms. The highest BCUT2D eigenvalue weighted by molar-refractivity contribution is 9.10. The van der Waals surface area contributed by atoms with Gasteiger partial charge in [-0.2, -0.15) is 0 Å². The molecule has 2 aromatic carbocycles. The fraction of sp³-hybridized carbons (Fsp3) is 0.368. The van der Waals surface area contributed by atoms with Crippen LogP contribution in [0.1, 0.15) is 47.6 Å². The first-order chi connectivity index (χ1) is 10.2. The predicted octanol–water partition coefficient (Wildman–Crippen LogP) is 5.14. The molecule has 0 amide bonds. The molecular weight excluding hydrogens is 322 g/mol. The van der Waals surface area contributed by atoms with Crippen LogP contribution in [0.5, 0.6) is 0 Å². The molecule has 3 rings (SSSR count). The normalized spacial score (nSPS) is 18.0. The third kappa shape index (κ3) is 3.07. The average molecular weight is 344 g/mol. The Kier molecular flexibility index (Phi) is 4.46. The lowest BCUT2D eigenvalue weighted by Crippen LogP contribution is -2.27. The lowest BCUT2D eigenvalue weighted by Gasteiger charge is -2.34. The summed E-state index contributed by atoms with van der Waals surface area (Å²) in [7, 11) is 0. The molecule has 0 fully saturated rings. The molecule has 2 atom stereocenters. The smallest absolute Gasteiger partial charge is 0.0337 e. The lowest BCUT2D eigenvalue weighted by atomic mass is 9.73. The first kappa shape index (κ1) is 14.8. The Hall–Kier alpha value is -1.12. The summed E-state index contributed by atoms with van der Waals surface area (Å²) in [5.74, 6) is 0.692. The van der Waals surface area contributed by atoms with E-state index in [1.165, 1.54) is 34.0 Å². The van der Waals surface area contributed by atoms with E-state index in [0.717, 1.165) is 6.54 Å². The maximum Gasteiger partial charge on any atom is 0.0337 e. The Morgan fingerprint density at radius 2 is 2.05 bits per heavy atom. The van der Waals surface area contributed by atoms with Gasteiger partial charge in [-0.25, -0.2) is 0 Å². The molecule has 0 saturated carbocycles. The highest BCUT2D eigenvalue weighted by Crippen LogP contribution is 2.41. The van der Waals surface area contributed by atoms with Crippen LogP contribution in [-0.2, 0) is 6.42 Å². The van der Waals surface area contributed by atoms with Crippen LogP contribution in [0.3, 0.4) is 0 Å². The summed E-state index contributed by atoms with van der Waals surface area (Å²) in [4.78, 5) is 0. The van der Waals surface area contributed by atoms with Gasteiger partial charge in [-0.05, 0) is 55.0 Å². The molecule has 0 heterocycles. The minimum atomic E-state index is 0.419. The van der Waals surface area contributed by atoms with Gasteiger partial charge in [0.15, 0.2) is 0 Å². The zero-order chi connectivity index (χ0) is 14.8. The van der Waals surface area contributed by atoms with Gasteiger partial charge < -0.3 is 5.32 Å². The second kappa shape index (κ2) is 6.33. The van der Waals surface area contributed by atoms with Crippen LogP contribution in [0.4, 0.5) is 0 Å². The molecular formula is C19H22BrN. The summed E-state index contributed by atoms with van der Waals surface area (Å²) < 4.78 is 1.21. The summed E-state index contributed by atoms with van der Waals surface area (Å²) >= 11 is 3.72. The van der Waals surface area contributed by atoms with Crippen molar-refractivity contribution in [3.63, 3.8) is 0 Å². The predicted molar refractivity (Wildman–Crippen MR) is 92.8 cm³/mol. The largest absolute Gasteiger partial charge is 0.310 e. The van der Waals surface area contributed by atoms with Crippen molar-refractivity contribution in [1.29, 1.82) is 0 Å². The maximum atomic E-state index is 3.72. The summed E-state index contributed by atoms with van der Waals surface area (Å²) in [6, 6.07) is 15.9. The summed E-state index contributed by atoms with van der Waals surface area (Å²) in [5.41, 5.74) is 5.79. The molecule has 0 radical (unpaired) electrons. The van der Waals surface area contributed by atoms with Gasteiger partial charge in [-0.1, -0.05) is 64.8 Å². The average Bonchev–Trinajstić information content (AvgIpc) is 2.46. The minimum absolute atomic E-state index is 0.419. The van der Waals surface area contributed by atoms with Gasteiger partial charge in [-0.15, -0.1) is 0 Å². The molecule has 0 spiro atoms. The Balaban J connectivity index is 1.81. The van der Waals surface area contributed by atoms with Gasteiger partial charge >= 0.3 is 0 Å².